The second-order valence-corrected chi connectivity index (χ2v) is 6.67. The maximum Gasteiger partial charge on any atom is 0.257 e. The van der Waals surface area contributed by atoms with Crippen LogP contribution in [0.25, 0.3) is 0 Å². The number of nitrogens with zero attached hydrogens (tertiary/aromatic N) is 3. The number of amides is 1. The van der Waals surface area contributed by atoms with Crippen LogP contribution in [0.5, 0.6) is 5.75 Å². The van der Waals surface area contributed by atoms with Crippen LogP contribution < -0.4 is 10.5 Å². The molecule has 0 spiro atoms. The number of anilines is 1. The fourth-order valence-corrected chi connectivity index (χ4v) is 3.34. The third kappa shape index (κ3) is 3.87. The molecule has 1 aromatic carbocycles. The van der Waals surface area contributed by atoms with E-state index in [1.807, 2.05) is 4.90 Å². The van der Waals surface area contributed by atoms with Gasteiger partial charge < -0.3 is 19.9 Å². The second-order valence-electron chi connectivity index (χ2n) is 6.27. The summed E-state index contributed by atoms with van der Waals surface area (Å²) in [7, 11) is 1.51. The average Bonchev–Trinajstić information content (AvgIpc) is 3.01. The number of benzene rings is 1. The lowest BCUT2D eigenvalue weighted by Gasteiger charge is -2.32. The molecular weight excluding hydrogens is 344 g/mol. The zero-order chi connectivity index (χ0) is 18.0. The lowest BCUT2D eigenvalue weighted by atomic mass is 9.94. The smallest absolute Gasteiger partial charge is 0.257 e. The van der Waals surface area contributed by atoms with E-state index in [9.17, 15) is 4.79 Å². The summed E-state index contributed by atoms with van der Waals surface area (Å²) in [5.41, 5.74) is 6.61. The predicted octanol–water partition coefficient (Wildman–Crippen LogP) is 2.72. The Bertz CT molecular complexity index is 777. The molecule has 1 saturated heterocycles. The molecule has 7 nitrogen and oxygen atoms in total. The first-order valence-electron chi connectivity index (χ1n) is 8.19. The zero-order valence-electron chi connectivity index (χ0n) is 14.3. The number of halogens is 1. The van der Waals surface area contributed by atoms with E-state index in [4.69, 9.17) is 26.6 Å². The number of nitrogen functional groups attached to an aromatic ring is 1. The molecule has 2 heterocycles. The lowest BCUT2D eigenvalue weighted by molar-refractivity contribution is 0.0668. The summed E-state index contributed by atoms with van der Waals surface area (Å²) in [5.74, 6) is 1.87. The number of methoxy groups -OCH3 is 1. The van der Waals surface area contributed by atoms with Crippen molar-refractivity contribution in [2.75, 3.05) is 25.9 Å². The Morgan fingerprint density at radius 1 is 1.52 bits per heavy atom. The van der Waals surface area contributed by atoms with Crippen LogP contribution in [0, 0.1) is 12.8 Å². The minimum absolute atomic E-state index is 0.104. The number of hydrogen-bond donors (Lipinski definition) is 1. The summed E-state index contributed by atoms with van der Waals surface area (Å²) in [6, 6.07) is 3.16. The van der Waals surface area contributed by atoms with Crippen molar-refractivity contribution >= 4 is 23.2 Å². The normalized spacial score (nSPS) is 17.6. The molecule has 1 aliphatic rings. The Morgan fingerprint density at radius 3 is 3.00 bits per heavy atom. The van der Waals surface area contributed by atoms with Gasteiger partial charge in [-0.05, 0) is 24.8 Å². The van der Waals surface area contributed by atoms with Crippen LogP contribution in [0.3, 0.4) is 0 Å². The summed E-state index contributed by atoms with van der Waals surface area (Å²) in [6.45, 7) is 3.10. The molecule has 0 aliphatic carbocycles. The van der Waals surface area contributed by atoms with E-state index in [1.54, 1.807) is 19.1 Å². The van der Waals surface area contributed by atoms with Gasteiger partial charge in [0.15, 0.2) is 5.82 Å². The first-order valence-corrected chi connectivity index (χ1v) is 8.57. The Balaban J connectivity index is 1.75. The van der Waals surface area contributed by atoms with Gasteiger partial charge in [-0.1, -0.05) is 16.8 Å². The van der Waals surface area contributed by atoms with Gasteiger partial charge in [-0.25, -0.2) is 0 Å². The van der Waals surface area contributed by atoms with Crippen molar-refractivity contribution in [1.29, 1.82) is 0 Å². The number of aromatic nitrogens is 2. The molecule has 2 aromatic rings. The van der Waals surface area contributed by atoms with E-state index in [1.165, 1.54) is 7.11 Å². The fourth-order valence-electron chi connectivity index (χ4n) is 3.17. The van der Waals surface area contributed by atoms with Gasteiger partial charge >= 0.3 is 0 Å². The number of hydrogen-bond acceptors (Lipinski definition) is 6. The van der Waals surface area contributed by atoms with E-state index >= 15 is 0 Å². The molecule has 2 N–H and O–H groups in total. The number of ether oxygens (including phenoxy) is 1. The SMILES string of the molecule is COc1cc(N)c(Cl)cc1C(=O)N1CCCC(Cc2noc(C)n2)C1. The molecule has 25 heavy (non-hydrogen) atoms. The van der Waals surface area contributed by atoms with Gasteiger partial charge in [0.1, 0.15) is 5.75 Å². The van der Waals surface area contributed by atoms with Gasteiger partial charge in [0, 0.05) is 32.5 Å². The predicted molar refractivity (Wildman–Crippen MR) is 93.8 cm³/mol. The van der Waals surface area contributed by atoms with Gasteiger partial charge in [-0.3, -0.25) is 4.79 Å². The highest BCUT2D eigenvalue weighted by Crippen LogP contribution is 2.31. The third-order valence-corrected chi connectivity index (χ3v) is 4.72. The fraction of sp³-hybridized carbons (Fsp3) is 0.471. The number of carbonyl (C=O) groups excluding carboxylic acids is 1. The van der Waals surface area contributed by atoms with Crippen LogP contribution in [0.2, 0.25) is 5.02 Å². The molecule has 1 unspecified atom stereocenters. The van der Waals surface area contributed by atoms with Crippen LogP contribution >= 0.6 is 11.6 Å². The Morgan fingerprint density at radius 2 is 2.32 bits per heavy atom. The highest BCUT2D eigenvalue weighted by Gasteiger charge is 2.27. The largest absolute Gasteiger partial charge is 0.496 e. The maximum atomic E-state index is 12.9. The molecule has 0 radical (unpaired) electrons. The van der Waals surface area contributed by atoms with Crippen LogP contribution in [0.15, 0.2) is 16.7 Å². The van der Waals surface area contributed by atoms with Gasteiger partial charge in [0.05, 0.1) is 23.4 Å². The molecule has 0 bridgehead atoms. The maximum absolute atomic E-state index is 12.9. The van der Waals surface area contributed by atoms with Crippen LogP contribution in [0.1, 0.15) is 34.9 Å². The topological polar surface area (TPSA) is 94.5 Å². The number of nitrogens with two attached hydrogens (primary N) is 1. The van der Waals surface area contributed by atoms with E-state index in [0.717, 1.165) is 12.8 Å². The van der Waals surface area contributed by atoms with E-state index in [-0.39, 0.29) is 5.91 Å². The molecule has 1 amide bonds. The van der Waals surface area contributed by atoms with Crippen molar-refractivity contribution in [3.63, 3.8) is 0 Å². The molecule has 8 heteroatoms. The first-order chi connectivity index (χ1) is 12.0. The van der Waals surface area contributed by atoms with Gasteiger partial charge in [-0.2, -0.15) is 4.98 Å². The molecule has 3 rings (SSSR count). The highest BCUT2D eigenvalue weighted by atomic mass is 35.5. The molecule has 1 aliphatic heterocycles. The van der Waals surface area contributed by atoms with E-state index in [2.05, 4.69) is 10.1 Å². The van der Waals surface area contributed by atoms with E-state index < -0.39 is 0 Å². The molecule has 1 atom stereocenters. The van der Waals surface area contributed by atoms with Crippen LogP contribution in [-0.2, 0) is 6.42 Å². The van der Waals surface area contributed by atoms with Crippen molar-refractivity contribution in [3.05, 3.63) is 34.4 Å². The summed E-state index contributed by atoms with van der Waals surface area (Å²) < 4.78 is 10.3. The lowest BCUT2D eigenvalue weighted by Crippen LogP contribution is -2.40. The Labute approximate surface area is 151 Å². The second kappa shape index (κ2) is 7.31. The number of likely N-dealkylation sites (tertiary alicyclic amines) is 1. The summed E-state index contributed by atoms with van der Waals surface area (Å²) in [6.07, 6.45) is 2.65. The van der Waals surface area contributed by atoms with Crippen LogP contribution in [0.4, 0.5) is 5.69 Å². The quantitative estimate of drug-likeness (QED) is 0.838. The van der Waals surface area contributed by atoms with Crippen molar-refractivity contribution in [2.24, 2.45) is 5.92 Å². The minimum Gasteiger partial charge on any atom is -0.496 e. The van der Waals surface area contributed by atoms with Gasteiger partial charge in [0.2, 0.25) is 5.89 Å². The monoisotopic (exact) mass is 364 g/mol. The molecule has 0 saturated carbocycles. The number of rotatable bonds is 4. The van der Waals surface area contributed by atoms with Crippen LogP contribution in [-0.4, -0.2) is 41.1 Å². The number of piperidine rings is 1. The standard InChI is InChI=1S/C17H21ClN4O3/c1-10-20-16(21-25-10)6-11-4-3-5-22(9-11)17(23)12-7-13(18)14(19)8-15(12)24-2/h7-8,11H,3-6,9,19H2,1-2H3. The third-order valence-electron chi connectivity index (χ3n) is 4.40. The summed E-state index contributed by atoms with van der Waals surface area (Å²) in [5, 5.41) is 4.29. The first kappa shape index (κ1) is 17.5. The van der Waals surface area contributed by atoms with Crippen molar-refractivity contribution in [1.82, 2.24) is 15.0 Å². The van der Waals surface area contributed by atoms with Gasteiger partial charge in [0.25, 0.3) is 5.91 Å². The Hall–Kier alpha value is -2.28. The molecule has 1 aromatic heterocycles. The molecular formula is C17H21ClN4O3. The average molecular weight is 365 g/mol. The van der Waals surface area contributed by atoms with Crippen molar-refractivity contribution < 1.29 is 14.1 Å². The minimum atomic E-state index is -0.104. The van der Waals surface area contributed by atoms with Gasteiger partial charge in [-0.15, -0.1) is 0 Å². The summed E-state index contributed by atoms with van der Waals surface area (Å²) >= 11 is 6.09. The van der Waals surface area contributed by atoms with Crippen molar-refractivity contribution in [2.45, 2.75) is 26.2 Å². The number of carbonyl (C=O) groups is 1. The molecule has 1 fully saturated rings. The Kier molecular flexibility index (Phi) is 5.13. The highest BCUT2D eigenvalue weighted by molar-refractivity contribution is 6.33. The van der Waals surface area contributed by atoms with Crippen molar-refractivity contribution in [3.8, 4) is 5.75 Å². The summed E-state index contributed by atoms with van der Waals surface area (Å²) in [4.78, 5) is 19.0. The molecule has 134 valence electrons. The zero-order valence-corrected chi connectivity index (χ0v) is 15.0. The van der Waals surface area contributed by atoms with E-state index in [0.29, 0.717) is 59.2 Å². The number of aryl methyl sites for hydroxylation is 1.